The van der Waals surface area contributed by atoms with Gasteiger partial charge in [-0.3, -0.25) is 4.79 Å². The second kappa shape index (κ2) is 9.75. The highest BCUT2D eigenvalue weighted by Crippen LogP contribution is 2.39. The lowest BCUT2D eigenvalue weighted by Crippen LogP contribution is -2.43. The molecule has 4 nitrogen and oxygen atoms in total. The van der Waals surface area contributed by atoms with Crippen LogP contribution in [0.5, 0.6) is 0 Å². The van der Waals surface area contributed by atoms with Crippen molar-refractivity contribution in [1.82, 2.24) is 0 Å². The Morgan fingerprint density at radius 3 is 2.75 bits per heavy atom. The van der Waals surface area contributed by atoms with Crippen molar-refractivity contribution in [2.75, 3.05) is 6.61 Å². The Hall–Kier alpha value is -1.59. The summed E-state index contributed by atoms with van der Waals surface area (Å²) in [5.74, 6) is -0.277. The lowest BCUT2D eigenvalue weighted by Gasteiger charge is -2.32. The second-order valence-electron chi connectivity index (χ2n) is 8.60. The monoisotopic (exact) mass is 403 g/mol. The first kappa shape index (κ1) is 22.7. The maximum atomic E-state index is 13.3. The Labute approximate surface area is 172 Å². The van der Waals surface area contributed by atoms with Gasteiger partial charge in [0.2, 0.25) is 0 Å². The van der Waals surface area contributed by atoms with Gasteiger partial charge in [0.15, 0.2) is 0 Å². The van der Waals surface area contributed by atoms with Crippen LogP contribution in [0, 0.1) is 12.3 Å². The normalized spacial score (nSPS) is 23.1. The van der Waals surface area contributed by atoms with E-state index in [4.69, 9.17) is 4.74 Å². The summed E-state index contributed by atoms with van der Waals surface area (Å²) in [6, 6.07) is 8.20. The van der Waals surface area contributed by atoms with Crippen molar-refractivity contribution in [2.24, 2.45) is 9.81 Å². The quantitative estimate of drug-likeness (QED) is 0.287. The average molecular weight is 404 g/mol. The second-order valence-corrected chi connectivity index (χ2v) is 10.5. The van der Waals surface area contributed by atoms with Gasteiger partial charge < -0.3 is 9.29 Å². The summed E-state index contributed by atoms with van der Waals surface area (Å²) in [5, 5.41) is 0. The first-order valence-electron chi connectivity index (χ1n) is 10.0. The molecule has 0 heterocycles. The Morgan fingerprint density at radius 1 is 1.36 bits per heavy atom. The summed E-state index contributed by atoms with van der Waals surface area (Å²) in [7, 11) is 0. The number of carbonyl (C=O) groups is 1. The molecule has 1 unspecified atom stereocenters. The largest absolute Gasteiger partial charge is 0.591 e. The van der Waals surface area contributed by atoms with Crippen molar-refractivity contribution in [3.05, 3.63) is 48.0 Å². The number of nitrogens with zero attached hydrogens (tertiary/aromatic N) is 1. The van der Waals surface area contributed by atoms with E-state index in [-0.39, 0.29) is 12.6 Å². The van der Waals surface area contributed by atoms with Crippen LogP contribution in [-0.2, 0) is 27.3 Å². The zero-order chi connectivity index (χ0) is 20.8. The minimum atomic E-state index is -1.41. The molecule has 0 spiro atoms. The van der Waals surface area contributed by atoms with Gasteiger partial charge in [0.25, 0.3) is 0 Å². The van der Waals surface area contributed by atoms with Crippen molar-refractivity contribution in [3.63, 3.8) is 0 Å². The third-order valence-electron chi connectivity index (χ3n) is 5.10. The molecular weight excluding hydrogens is 370 g/mol. The minimum Gasteiger partial charge on any atom is -0.591 e. The van der Waals surface area contributed by atoms with Crippen molar-refractivity contribution >= 4 is 23.0 Å². The summed E-state index contributed by atoms with van der Waals surface area (Å²) >= 11 is -1.41. The molecule has 1 aliphatic carbocycles. The molecule has 5 heteroatoms. The Balaban J connectivity index is 2.54. The average Bonchev–Trinajstić information content (AvgIpc) is 2.82. The highest BCUT2D eigenvalue weighted by Gasteiger charge is 2.47. The number of rotatable bonds is 6. The number of hydrogen-bond acceptors (Lipinski definition) is 4. The van der Waals surface area contributed by atoms with Gasteiger partial charge in [0.1, 0.15) is 28.1 Å². The first-order chi connectivity index (χ1) is 13.2. The molecule has 1 aromatic rings. The Bertz CT molecular complexity index is 723. The summed E-state index contributed by atoms with van der Waals surface area (Å²) in [6.45, 7) is 11.6. The molecule has 28 heavy (non-hydrogen) atoms. The van der Waals surface area contributed by atoms with Gasteiger partial charge in [-0.15, -0.1) is 0 Å². The fourth-order valence-electron chi connectivity index (χ4n) is 3.58. The number of aryl methyl sites for hydroxylation is 1. The van der Waals surface area contributed by atoms with E-state index >= 15 is 0 Å². The van der Waals surface area contributed by atoms with Crippen LogP contribution in [0.4, 0.5) is 0 Å². The summed E-state index contributed by atoms with van der Waals surface area (Å²) in [5.41, 5.74) is 2.09. The maximum absolute atomic E-state index is 13.3. The minimum absolute atomic E-state index is 0.171. The van der Waals surface area contributed by atoms with Gasteiger partial charge in [-0.2, -0.15) is 0 Å². The summed E-state index contributed by atoms with van der Waals surface area (Å²) in [6.07, 6.45) is 6.35. The molecular formula is C23H33NO3S. The molecule has 0 N–H and O–H groups in total. The van der Waals surface area contributed by atoms with Crippen LogP contribution in [0.15, 0.2) is 41.3 Å². The van der Waals surface area contributed by atoms with Crippen molar-refractivity contribution in [1.29, 1.82) is 0 Å². The molecule has 0 radical (unpaired) electrons. The lowest BCUT2D eigenvalue weighted by molar-refractivity contribution is -0.150. The fraction of sp³-hybridized carbons (Fsp3) is 0.565. The van der Waals surface area contributed by atoms with E-state index < -0.39 is 21.5 Å². The molecule has 1 aromatic carbocycles. The van der Waals surface area contributed by atoms with Crippen molar-refractivity contribution in [3.8, 4) is 0 Å². The molecule has 2 rings (SSSR count). The van der Waals surface area contributed by atoms with Gasteiger partial charge in [-0.05, 0) is 58.9 Å². The fourth-order valence-corrected chi connectivity index (χ4v) is 4.32. The standard InChI is InChI=1S/C23H33NO3S/c1-6-15-27-21(25)23(17-19-12-10-11-18(2)16-19)14-9-7-8-13-20(23)24-28(26)22(3,4)5/h6,10-12,16H,1,7-9,13-15,17H2,2-5H3/b24-20+/t23-,28?/m0/s1. The van der Waals surface area contributed by atoms with E-state index in [1.165, 1.54) is 0 Å². The van der Waals surface area contributed by atoms with Crippen LogP contribution < -0.4 is 0 Å². The van der Waals surface area contributed by atoms with Crippen LogP contribution >= 0.6 is 0 Å². The Kier molecular flexibility index (Phi) is 7.90. The highest BCUT2D eigenvalue weighted by molar-refractivity contribution is 7.91. The van der Waals surface area contributed by atoms with E-state index in [0.29, 0.717) is 19.3 Å². The molecule has 2 atom stereocenters. The van der Waals surface area contributed by atoms with E-state index in [0.717, 1.165) is 36.1 Å². The number of benzene rings is 1. The number of esters is 1. The molecule has 1 aliphatic rings. The third-order valence-corrected chi connectivity index (χ3v) is 6.53. The van der Waals surface area contributed by atoms with Crippen LogP contribution in [-0.4, -0.2) is 27.6 Å². The summed E-state index contributed by atoms with van der Waals surface area (Å²) in [4.78, 5) is 13.3. The summed E-state index contributed by atoms with van der Waals surface area (Å²) < 4.78 is 22.5. The van der Waals surface area contributed by atoms with Gasteiger partial charge >= 0.3 is 5.97 Å². The van der Waals surface area contributed by atoms with Crippen molar-refractivity contribution < 1.29 is 14.1 Å². The van der Waals surface area contributed by atoms with E-state index in [1.54, 1.807) is 6.08 Å². The molecule has 0 aliphatic heterocycles. The van der Waals surface area contributed by atoms with Gasteiger partial charge in [-0.25, -0.2) is 0 Å². The van der Waals surface area contributed by atoms with E-state index in [2.05, 4.69) is 17.0 Å². The maximum Gasteiger partial charge on any atom is 0.318 e. The lowest BCUT2D eigenvalue weighted by atomic mass is 9.73. The van der Waals surface area contributed by atoms with Crippen LogP contribution in [0.3, 0.4) is 0 Å². The predicted molar refractivity (Wildman–Crippen MR) is 117 cm³/mol. The smallest absolute Gasteiger partial charge is 0.318 e. The molecule has 1 saturated carbocycles. The predicted octanol–water partition coefficient (Wildman–Crippen LogP) is 5.12. The van der Waals surface area contributed by atoms with E-state index in [1.807, 2.05) is 45.9 Å². The van der Waals surface area contributed by atoms with Crippen LogP contribution in [0.25, 0.3) is 0 Å². The zero-order valence-corrected chi connectivity index (χ0v) is 18.4. The zero-order valence-electron chi connectivity index (χ0n) is 17.6. The van der Waals surface area contributed by atoms with Gasteiger partial charge in [0.05, 0.1) is 5.71 Å². The van der Waals surface area contributed by atoms with E-state index in [9.17, 15) is 9.35 Å². The molecule has 154 valence electrons. The first-order valence-corrected chi connectivity index (χ1v) is 11.1. The van der Waals surface area contributed by atoms with Crippen molar-refractivity contribution in [2.45, 2.75) is 71.0 Å². The Morgan fingerprint density at radius 2 is 2.11 bits per heavy atom. The molecule has 0 aromatic heterocycles. The van der Waals surface area contributed by atoms with Crippen LogP contribution in [0.2, 0.25) is 0 Å². The van der Waals surface area contributed by atoms with Gasteiger partial charge in [0, 0.05) is 0 Å². The third kappa shape index (κ3) is 5.71. The number of hydrogen-bond donors (Lipinski definition) is 0. The molecule has 1 fully saturated rings. The molecule has 0 saturated heterocycles. The molecule has 0 amide bonds. The van der Waals surface area contributed by atoms with Gasteiger partial charge in [-0.1, -0.05) is 59.7 Å². The number of ether oxygens (including phenoxy) is 1. The molecule has 0 bridgehead atoms. The van der Waals surface area contributed by atoms with Crippen LogP contribution in [0.1, 0.15) is 64.0 Å². The topological polar surface area (TPSA) is 61.7 Å². The number of carbonyl (C=O) groups excluding carboxylic acids is 1. The SMILES string of the molecule is C=CCOC(=O)[C@]1(Cc2cccc(C)c2)CCCCC/C1=N\[S+]([O-])C(C)(C)C. The highest BCUT2D eigenvalue weighted by atomic mass is 32.2.